The van der Waals surface area contributed by atoms with Gasteiger partial charge in [-0.25, -0.2) is 4.39 Å². The highest BCUT2D eigenvalue weighted by Gasteiger charge is 2.04. The molecule has 0 amide bonds. The number of nitriles is 1. The molecule has 0 heterocycles. The number of halogens is 1. The fraction of sp³-hybridized carbons (Fsp3) is 0.235. The van der Waals surface area contributed by atoms with Gasteiger partial charge in [-0.2, -0.15) is 5.26 Å². The molecule has 0 aromatic heterocycles. The highest BCUT2D eigenvalue weighted by atomic mass is 19.1. The molecule has 2 rings (SSSR count). The first-order chi connectivity index (χ1) is 9.60. The Balaban J connectivity index is 1.98. The average Bonchev–Trinajstić information content (AvgIpc) is 2.45. The molecule has 2 aromatic carbocycles. The second-order valence-corrected chi connectivity index (χ2v) is 4.96. The van der Waals surface area contributed by atoms with Crippen molar-refractivity contribution in [3.63, 3.8) is 0 Å². The lowest BCUT2D eigenvalue weighted by molar-refractivity contribution is 0.606. The van der Waals surface area contributed by atoms with Gasteiger partial charge in [0.1, 0.15) is 5.82 Å². The van der Waals surface area contributed by atoms with E-state index < -0.39 is 0 Å². The summed E-state index contributed by atoms with van der Waals surface area (Å²) in [5.74, 6) is -0.129. The summed E-state index contributed by atoms with van der Waals surface area (Å²) in [5, 5.41) is 12.2. The van der Waals surface area contributed by atoms with Crippen LogP contribution in [0, 0.1) is 31.0 Å². The van der Waals surface area contributed by atoms with Crippen LogP contribution in [0.4, 0.5) is 4.39 Å². The van der Waals surface area contributed by atoms with Crippen molar-refractivity contribution in [1.82, 2.24) is 5.32 Å². The van der Waals surface area contributed by atoms with Crippen molar-refractivity contribution in [3.05, 3.63) is 70.0 Å². The molecule has 2 aromatic rings. The molecule has 0 aliphatic carbocycles. The van der Waals surface area contributed by atoms with Crippen LogP contribution < -0.4 is 5.32 Å². The van der Waals surface area contributed by atoms with Crippen molar-refractivity contribution >= 4 is 0 Å². The fourth-order valence-corrected chi connectivity index (χ4v) is 2.24. The molecule has 0 aliphatic rings. The lowest BCUT2D eigenvalue weighted by Gasteiger charge is -2.08. The summed E-state index contributed by atoms with van der Waals surface area (Å²) < 4.78 is 13.5. The summed E-state index contributed by atoms with van der Waals surface area (Å²) in [6.45, 7) is 4.92. The highest BCUT2D eigenvalue weighted by Crippen LogP contribution is 2.14. The Kier molecular flexibility index (Phi) is 4.49. The van der Waals surface area contributed by atoms with Crippen molar-refractivity contribution in [2.75, 3.05) is 0 Å². The van der Waals surface area contributed by atoms with E-state index in [9.17, 15) is 4.39 Å². The third kappa shape index (κ3) is 3.43. The van der Waals surface area contributed by atoms with Crippen LogP contribution in [0.5, 0.6) is 0 Å². The molecule has 2 nitrogen and oxygen atoms in total. The van der Waals surface area contributed by atoms with E-state index in [2.05, 4.69) is 11.4 Å². The van der Waals surface area contributed by atoms with E-state index in [1.54, 1.807) is 19.9 Å². The van der Waals surface area contributed by atoms with Crippen LogP contribution in [0.3, 0.4) is 0 Å². The Hall–Kier alpha value is -2.18. The first-order valence-electron chi connectivity index (χ1n) is 6.55. The Bertz CT molecular complexity index is 633. The summed E-state index contributed by atoms with van der Waals surface area (Å²) in [6.07, 6.45) is 0. The van der Waals surface area contributed by atoms with Crippen LogP contribution in [0.2, 0.25) is 0 Å². The summed E-state index contributed by atoms with van der Waals surface area (Å²) in [4.78, 5) is 0. The standard InChI is InChI=1S/C17H17FN2/c1-12-6-16(7-13(2)17(12)18)11-20-10-15-5-3-4-14(8-15)9-19/h3-8,20H,10-11H2,1-2H3. The quantitative estimate of drug-likeness (QED) is 0.919. The normalized spacial score (nSPS) is 10.3. The summed E-state index contributed by atoms with van der Waals surface area (Å²) in [6, 6.07) is 13.4. The van der Waals surface area contributed by atoms with Crippen molar-refractivity contribution in [3.8, 4) is 6.07 Å². The number of nitrogens with zero attached hydrogens (tertiary/aromatic N) is 1. The van der Waals surface area contributed by atoms with Gasteiger partial charge in [-0.3, -0.25) is 0 Å². The van der Waals surface area contributed by atoms with Gasteiger partial charge in [0.2, 0.25) is 0 Å². The van der Waals surface area contributed by atoms with E-state index in [0.717, 1.165) is 11.1 Å². The molecule has 0 saturated carbocycles. The number of benzene rings is 2. The summed E-state index contributed by atoms with van der Waals surface area (Å²) in [5.41, 5.74) is 4.15. The zero-order valence-corrected chi connectivity index (χ0v) is 11.7. The van der Waals surface area contributed by atoms with Gasteiger partial charge in [-0.05, 0) is 48.2 Å². The number of aryl methyl sites for hydroxylation is 2. The minimum Gasteiger partial charge on any atom is -0.309 e. The predicted octanol–water partition coefficient (Wildman–Crippen LogP) is 3.60. The predicted molar refractivity (Wildman–Crippen MR) is 77.6 cm³/mol. The summed E-state index contributed by atoms with van der Waals surface area (Å²) in [7, 11) is 0. The average molecular weight is 268 g/mol. The minimum atomic E-state index is -0.129. The largest absolute Gasteiger partial charge is 0.309 e. The number of hydrogen-bond donors (Lipinski definition) is 1. The van der Waals surface area contributed by atoms with Crippen LogP contribution in [0.25, 0.3) is 0 Å². The minimum absolute atomic E-state index is 0.129. The summed E-state index contributed by atoms with van der Waals surface area (Å²) >= 11 is 0. The van der Waals surface area contributed by atoms with Gasteiger partial charge in [0.15, 0.2) is 0 Å². The zero-order chi connectivity index (χ0) is 14.5. The van der Waals surface area contributed by atoms with Gasteiger partial charge >= 0.3 is 0 Å². The van der Waals surface area contributed by atoms with E-state index in [0.29, 0.717) is 29.8 Å². The lowest BCUT2D eigenvalue weighted by Crippen LogP contribution is -2.13. The number of rotatable bonds is 4. The zero-order valence-electron chi connectivity index (χ0n) is 11.7. The molecule has 0 spiro atoms. The topological polar surface area (TPSA) is 35.8 Å². The Labute approximate surface area is 118 Å². The van der Waals surface area contributed by atoms with Gasteiger partial charge in [0.25, 0.3) is 0 Å². The molecule has 0 radical (unpaired) electrons. The molecule has 20 heavy (non-hydrogen) atoms. The number of hydrogen-bond acceptors (Lipinski definition) is 2. The third-order valence-electron chi connectivity index (χ3n) is 3.21. The van der Waals surface area contributed by atoms with Crippen LogP contribution in [-0.2, 0) is 13.1 Å². The SMILES string of the molecule is Cc1cc(CNCc2cccc(C#N)c2)cc(C)c1F. The molecular weight excluding hydrogens is 251 g/mol. The molecule has 102 valence electrons. The fourth-order valence-electron chi connectivity index (χ4n) is 2.24. The first-order valence-corrected chi connectivity index (χ1v) is 6.55. The molecular formula is C17H17FN2. The highest BCUT2D eigenvalue weighted by molar-refractivity contribution is 5.33. The van der Waals surface area contributed by atoms with Crippen LogP contribution in [0.1, 0.15) is 27.8 Å². The number of nitrogens with one attached hydrogen (secondary N) is 1. The van der Waals surface area contributed by atoms with Crippen molar-refractivity contribution in [2.24, 2.45) is 0 Å². The molecule has 0 atom stereocenters. The maximum absolute atomic E-state index is 13.5. The maximum atomic E-state index is 13.5. The molecule has 0 unspecified atom stereocenters. The van der Waals surface area contributed by atoms with Gasteiger partial charge in [0, 0.05) is 13.1 Å². The second kappa shape index (κ2) is 6.31. The Morgan fingerprint density at radius 1 is 1.05 bits per heavy atom. The molecule has 3 heteroatoms. The van der Waals surface area contributed by atoms with Gasteiger partial charge in [-0.15, -0.1) is 0 Å². The van der Waals surface area contributed by atoms with Crippen molar-refractivity contribution < 1.29 is 4.39 Å². The van der Waals surface area contributed by atoms with Crippen LogP contribution in [-0.4, -0.2) is 0 Å². The molecule has 0 aliphatic heterocycles. The molecule has 1 N–H and O–H groups in total. The van der Waals surface area contributed by atoms with Crippen LogP contribution >= 0.6 is 0 Å². The van der Waals surface area contributed by atoms with E-state index in [-0.39, 0.29) is 5.82 Å². The van der Waals surface area contributed by atoms with E-state index in [1.807, 2.05) is 30.3 Å². The second-order valence-electron chi connectivity index (χ2n) is 4.96. The third-order valence-corrected chi connectivity index (χ3v) is 3.21. The van der Waals surface area contributed by atoms with Gasteiger partial charge in [-0.1, -0.05) is 24.3 Å². The van der Waals surface area contributed by atoms with E-state index >= 15 is 0 Å². The molecule has 0 saturated heterocycles. The Morgan fingerprint density at radius 3 is 2.35 bits per heavy atom. The van der Waals surface area contributed by atoms with Gasteiger partial charge in [0.05, 0.1) is 11.6 Å². The van der Waals surface area contributed by atoms with Gasteiger partial charge < -0.3 is 5.32 Å². The van der Waals surface area contributed by atoms with Crippen LogP contribution in [0.15, 0.2) is 36.4 Å². The van der Waals surface area contributed by atoms with E-state index in [1.165, 1.54) is 0 Å². The first kappa shape index (κ1) is 14.2. The molecule has 0 fully saturated rings. The monoisotopic (exact) mass is 268 g/mol. The smallest absolute Gasteiger partial charge is 0.129 e. The lowest BCUT2D eigenvalue weighted by atomic mass is 10.1. The Morgan fingerprint density at radius 2 is 1.70 bits per heavy atom. The van der Waals surface area contributed by atoms with Crippen molar-refractivity contribution in [2.45, 2.75) is 26.9 Å². The molecule has 0 bridgehead atoms. The van der Waals surface area contributed by atoms with E-state index in [4.69, 9.17) is 5.26 Å². The maximum Gasteiger partial charge on any atom is 0.129 e. The van der Waals surface area contributed by atoms with Crippen molar-refractivity contribution in [1.29, 1.82) is 5.26 Å².